The minimum Gasteiger partial charge on any atom is -0.493 e. The second-order valence-electron chi connectivity index (χ2n) is 5.76. The zero-order chi connectivity index (χ0) is 17.4. The Balaban J connectivity index is 1.94. The summed E-state index contributed by atoms with van der Waals surface area (Å²) in [4.78, 5) is 0. The summed E-state index contributed by atoms with van der Waals surface area (Å²) in [5.41, 5.74) is 3.08. The molecule has 0 radical (unpaired) electrons. The molecule has 0 atom stereocenters. The molecule has 1 aliphatic heterocycles. The fraction of sp³-hybridized carbons (Fsp3) is 0.211. The molecule has 0 aliphatic carbocycles. The van der Waals surface area contributed by atoms with Crippen molar-refractivity contribution in [2.24, 2.45) is 0 Å². The Kier molecular flexibility index (Phi) is 3.80. The van der Waals surface area contributed by atoms with Gasteiger partial charge in [-0.15, -0.1) is 0 Å². The molecule has 0 saturated heterocycles. The monoisotopic (exact) mass is 339 g/mol. The average Bonchev–Trinajstić information content (AvgIpc) is 3.24. The topological polar surface area (TPSA) is 48.3 Å². The zero-order valence-electron chi connectivity index (χ0n) is 14.0. The number of nitrogens with one attached hydrogen (secondary N) is 1. The van der Waals surface area contributed by atoms with Crippen LogP contribution in [0.25, 0.3) is 16.9 Å². The lowest BCUT2D eigenvalue weighted by Crippen LogP contribution is -2.06. The predicted octanol–water partition coefficient (Wildman–Crippen LogP) is 3.66. The Morgan fingerprint density at radius 2 is 1.92 bits per heavy atom. The molecule has 25 heavy (non-hydrogen) atoms. The Morgan fingerprint density at radius 3 is 2.68 bits per heavy atom. The van der Waals surface area contributed by atoms with Crippen molar-refractivity contribution in [3.05, 3.63) is 53.8 Å². The van der Waals surface area contributed by atoms with Gasteiger partial charge in [0.1, 0.15) is 23.0 Å². The molecule has 1 N–H and O–H groups in total. The third-order valence-corrected chi connectivity index (χ3v) is 4.39. The van der Waals surface area contributed by atoms with E-state index in [2.05, 4.69) is 5.32 Å². The number of aromatic nitrogens is 2. The lowest BCUT2D eigenvalue weighted by molar-refractivity contribution is 0.356. The summed E-state index contributed by atoms with van der Waals surface area (Å²) in [6, 6.07) is 12.3. The number of ether oxygens (including phenoxy) is 2. The maximum Gasteiger partial charge on any atom is 0.170 e. The Bertz CT molecular complexity index is 936. The number of rotatable bonds is 4. The second-order valence-corrected chi connectivity index (χ2v) is 5.76. The van der Waals surface area contributed by atoms with Gasteiger partial charge in [-0.1, -0.05) is 18.2 Å². The van der Waals surface area contributed by atoms with Crippen molar-refractivity contribution in [2.75, 3.05) is 26.1 Å². The van der Waals surface area contributed by atoms with E-state index in [1.54, 1.807) is 37.1 Å². The molecule has 3 aromatic rings. The number of hydrogen-bond donors (Lipinski definition) is 1. The normalized spacial score (nSPS) is 12.6. The first kappa shape index (κ1) is 15.5. The van der Waals surface area contributed by atoms with Crippen molar-refractivity contribution in [2.45, 2.75) is 6.42 Å². The van der Waals surface area contributed by atoms with Crippen LogP contribution < -0.4 is 14.8 Å². The number of hydrogen-bond acceptors (Lipinski definition) is 4. The highest BCUT2D eigenvalue weighted by molar-refractivity contribution is 5.78. The number of halogens is 1. The largest absolute Gasteiger partial charge is 0.493 e. The molecule has 0 bridgehead atoms. The van der Waals surface area contributed by atoms with Crippen molar-refractivity contribution in [3.8, 4) is 28.4 Å². The van der Waals surface area contributed by atoms with Gasteiger partial charge in [-0.25, -0.2) is 9.07 Å². The van der Waals surface area contributed by atoms with Crippen LogP contribution in [-0.2, 0) is 6.42 Å². The third-order valence-electron chi connectivity index (χ3n) is 4.39. The SMILES string of the molecule is COc1cccc(-c2nn(-c3ccccc3F)c3c2CCN3)c1OC. The number of para-hydroxylation sites is 2. The van der Waals surface area contributed by atoms with Crippen LogP contribution >= 0.6 is 0 Å². The van der Waals surface area contributed by atoms with Crippen molar-refractivity contribution >= 4 is 5.82 Å². The lowest BCUT2D eigenvalue weighted by atomic mass is 10.1. The highest BCUT2D eigenvalue weighted by atomic mass is 19.1. The van der Waals surface area contributed by atoms with Crippen molar-refractivity contribution in [1.29, 1.82) is 0 Å². The van der Waals surface area contributed by atoms with Crippen molar-refractivity contribution in [3.63, 3.8) is 0 Å². The van der Waals surface area contributed by atoms with Crippen LogP contribution in [0.1, 0.15) is 5.56 Å². The van der Waals surface area contributed by atoms with Gasteiger partial charge in [-0.05, 0) is 30.7 Å². The van der Waals surface area contributed by atoms with Gasteiger partial charge in [0.2, 0.25) is 0 Å². The molecule has 0 amide bonds. The Labute approximate surface area is 145 Å². The molecule has 0 unspecified atom stereocenters. The molecule has 6 heteroatoms. The number of anilines is 1. The molecular formula is C19H18FN3O2. The maximum atomic E-state index is 14.3. The lowest BCUT2D eigenvalue weighted by Gasteiger charge is -2.11. The third kappa shape index (κ3) is 2.41. The molecule has 2 heterocycles. The van der Waals surface area contributed by atoms with Gasteiger partial charge < -0.3 is 14.8 Å². The standard InChI is InChI=1S/C19H18FN3O2/c1-24-16-9-5-6-12(18(16)25-2)17-13-10-11-21-19(13)23(22-17)15-8-4-3-7-14(15)20/h3-9,21H,10-11H2,1-2H3. The molecule has 1 aromatic heterocycles. The van der Waals surface area contributed by atoms with Gasteiger partial charge in [0.25, 0.3) is 0 Å². The van der Waals surface area contributed by atoms with Crippen LogP contribution in [0.5, 0.6) is 11.5 Å². The highest BCUT2D eigenvalue weighted by Gasteiger charge is 2.27. The molecule has 2 aromatic carbocycles. The quantitative estimate of drug-likeness (QED) is 0.788. The van der Waals surface area contributed by atoms with E-state index in [1.165, 1.54) is 6.07 Å². The molecule has 0 saturated carbocycles. The predicted molar refractivity (Wildman–Crippen MR) is 94.3 cm³/mol. The average molecular weight is 339 g/mol. The summed E-state index contributed by atoms with van der Waals surface area (Å²) in [7, 11) is 3.21. The number of fused-ring (bicyclic) bond motifs is 1. The van der Waals surface area contributed by atoms with Crippen LogP contribution in [0.3, 0.4) is 0 Å². The number of nitrogens with zero attached hydrogens (tertiary/aromatic N) is 2. The summed E-state index contributed by atoms with van der Waals surface area (Å²) in [6.07, 6.45) is 0.819. The molecular weight excluding hydrogens is 321 g/mol. The van der Waals surface area contributed by atoms with E-state index >= 15 is 0 Å². The summed E-state index contributed by atoms with van der Waals surface area (Å²) >= 11 is 0. The van der Waals surface area contributed by atoms with E-state index in [1.807, 2.05) is 18.2 Å². The minimum atomic E-state index is -0.314. The van der Waals surface area contributed by atoms with E-state index < -0.39 is 0 Å². The van der Waals surface area contributed by atoms with Gasteiger partial charge in [-0.3, -0.25) is 0 Å². The maximum absolute atomic E-state index is 14.3. The summed E-state index contributed by atoms with van der Waals surface area (Å²) in [6.45, 7) is 0.793. The van der Waals surface area contributed by atoms with Crippen molar-refractivity contribution in [1.82, 2.24) is 9.78 Å². The summed E-state index contributed by atoms with van der Waals surface area (Å²) in [5.74, 6) is 1.77. The first-order chi connectivity index (χ1) is 12.2. The van der Waals surface area contributed by atoms with Crippen molar-refractivity contribution < 1.29 is 13.9 Å². The smallest absolute Gasteiger partial charge is 0.170 e. The fourth-order valence-electron chi connectivity index (χ4n) is 3.26. The highest BCUT2D eigenvalue weighted by Crippen LogP contribution is 2.42. The fourth-order valence-corrected chi connectivity index (χ4v) is 3.26. The van der Waals surface area contributed by atoms with Gasteiger partial charge >= 0.3 is 0 Å². The van der Waals surface area contributed by atoms with Crippen LogP contribution in [0, 0.1) is 5.82 Å². The minimum absolute atomic E-state index is 0.314. The Hall–Kier alpha value is -3.02. The molecule has 0 spiro atoms. The van der Waals surface area contributed by atoms with Crippen LogP contribution in [0.4, 0.5) is 10.2 Å². The molecule has 5 nitrogen and oxygen atoms in total. The van der Waals surface area contributed by atoms with E-state index in [0.717, 1.165) is 35.6 Å². The van der Waals surface area contributed by atoms with Gasteiger partial charge in [0.05, 0.1) is 14.2 Å². The van der Waals surface area contributed by atoms with E-state index in [0.29, 0.717) is 17.2 Å². The summed E-state index contributed by atoms with van der Waals surface area (Å²) < 4.78 is 26.9. The summed E-state index contributed by atoms with van der Waals surface area (Å²) in [5, 5.41) is 8.01. The molecule has 4 rings (SSSR count). The Morgan fingerprint density at radius 1 is 1.08 bits per heavy atom. The van der Waals surface area contributed by atoms with Crippen LogP contribution in [0.15, 0.2) is 42.5 Å². The van der Waals surface area contributed by atoms with Gasteiger partial charge in [0.15, 0.2) is 11.5 Å². The molecule has 0 fully saturated rings. The van der Waals surface area contributed by atoms with Gasteiger partial charge in [-0.2, -0.15) is 5.10 Å². The van der Waals surface area contributed by atoms with Crippen LogP contribution in [0.2, 0.25) is 0 Å². The first-order valence-corrected chi connectivity index (χ1v) is 8.06. The zero-order valence-corrected chi connectivity index (χ0v) is 14.0. The van der Waals surface area contributed by atoms with E-state index in [4.69, 9.17) is 14.6 Å². The number of methoxy groups -OCH3 is 2. The van der Waals surface area contributed by atoms with Gasteiger partial charge in [0, 0.05) is 17.7 Å². The van der Waals surface area contributed by atoms with Crippen LogP contribution in [-0.4, -0.2) is 30.5 Å². The second kappa shape index (κ2) is 6.12. The van der Waals surface area contributed by atoms with E-state index in [9.17, 15) is 4.39 Å². The molecule has 128 valence electrons. The molecule has 1 aliphatic rings. The first-order valence-electron chi connectivity index (χ1n) is 8.06. The number of benzene rings is 2. The van der Waals surface area contributed by atoms with E-state index in [-0.39, 0.29) is 5.82 Å².